The number of fused-ring (bicyclic) bond motifs is 1. The number of benzene rings is 1. The summed E-state index contributed by atoms with van der Waals surface area (Å²) in [5, 5.41) is 11.9. The van der Waals surface area contributed by atoms with Crippen LogP contribution in [0.1, 0.15) is 5.69 Å². The highest BCUT2D eigenvalue weighted by atomic mass is 35.5. The van der Waals surface area contributed by atoms with E-state index in [-0.39, 0.29) is 11.9 Å². The van der Waals surface area contributed by atoms with Crippen LogP contribution in [0.2, 0.25) is 5.02 Å². The summed E-state index contributed by atoms with van der Waals surface area (Å²) in [5.41, 5.74) is 1.74. The van der Waals surface area contributed by atoms with E-state index in [1.54, 1.807) is 4.68 Å². The lowest BCUT2D eigenvalue weighted by Gasteiger charge is -2.09. The van der Waals surface area contributed by atoms with Crippen molar-refractivity contribution in [2.45, 2.75) is 12.6 Å². The number of halogens is 1. The molecule has 6 heteroatoms. The Labute approximate surface area is 121 Å². The van der Waals surface area contributed by atoms with E-state index in [0.717, 1.165) is 23.1 Å². The molecule has 0 bridgehead atoms. The van der Waals surface area contributed by atoms with Crippen molar-refractivity contribution in [2.75, 3.05) is 6.54 Å². The van der Waals surface area contributed by atoms with Gasteiger partial charge in [-0.1, -0.05) is 29.8 Å². The van der Waals surface area contributed by atoms with E-state index in [1.807, 2.05) is 37.4 Å². The molecule has 0 saturated carbocycles. The fourth-order valence-electron chi connectivity index (χ4n) is 2.40. The molecule has 20 heavy (non-hydrogen) atoms. The van der Waals surface area contributed by atoms with E-state index in [0.29, 0.717) is 11.6 Å². The van der Waals surface area contributed by atoms with Gasteiger partial charge in [-0.15, -0.1) is 0 Å². The number of nitrogens with one attached hydrogen (secondary N) is 2. The molecule has 0 saturated heterocycles. The molecular formula is C14H15ClN4O. The predicted octanol–water partition coefficient (Wildman–Crippen LogP) is 1.37. The van der Waals surface area contributed by atoms with E-state index in [4.69, 9.17) is 11.6 Å². The number of aryl methyl sites for hydroxylation is 1. The molecule has 2 N–H and O–H groups in total. The molecule has 1 aromatic carbocycles. The number of carbonyl (C=O) groups is 1. The molecule has 1 aliphatic heterocycles. The largest absolute Gasteiger partial charge is 0.349 e. The lowest BCUT2D eigenvalue weighted by atomic mass is 10.2. The normalized spacial score (nSPS) is 17.8. The van der Waals surface area contributed by atoms with Crippen LogP contribution in [0.3, 0.4) is 0 Å². The van der Waals surface area contributed by atoms with Gasteiger partial charge in [0.1, 0.15) is 6.04 Å². The first-order valence-electron chi connectivity index (χ1n) is 6.44. The molecule has 1 aliphatic rings. The molecule has 1 atom stereocenters. The van der Waals surface area contributed by atoms with Crippen LogP contribution in [-0.2, 0) is 18.4 Å². The number of hydrogen-bond donors (Lipinski definition) is 2. The van der Waals surface area contributed by atoms with Gasteiger partial charge in [0.25, 0.3) is 0 Å². The van der Waals surface area contributed by atoms with Crippen molar-refractivity contribution in [1.82, 2.24) is 20.4 Å². The number of carbonyl (C=O) groups excluding carboxylic acids is 1. The monoisotopic (exact) mass is 290 g/mol. The summed E-state index contributed by atoms with van der Waals surface area (Å²) in [6, 6.07) is 5.43. The Hall–Kier alpha value is -1.85. The fourth-order valence-corrected chi connectivity index (χ4v) is 2.68. The minimum atomic E-state index is -0.250. The van der Waals surface area contributed by atoms with Crippen molar-refractivity contribution in [3.63, 3.8) is 0 Å². The fraction of sp³-hybridized carbons (Fsp3) is 0.286. The Morgan fingerprint density at radius 2 is 2.45 bits per heavy atom. The number of nitrogens with zero attached hydrogens (tertiary/aromatic N) is 2. The van der Waals surface area contributed by atoms with Gasteiger partial charge in [-0.3, -0.25) is 14.8 Å². The summed E-state index contributed by atoms with van der Waals surface area (Å²) < 4.78 is 1.77. The summed E-state index contributed by atoms with van der Waals surface area (Å²) >= 11 is 6.23. The number of aromatic nitrogens is 2. The summed E-state index contributed by atoms with van der Waals surface area (Å²) in [6.07, 6.45) is 3.80. The van der Waals surface area contributed by atoms with Gasteiger partial charge >= 0.3 is 0 Å². The Kier molecular flexibility index (Phi) is 3.46. The van der Waals surface area contributed by atoms with Crippen molar-refractivity contribution < 1.29 is 4.79 Å². The molecule has 0 radical (unpaired) electrons. The molecule has 3 rings (SSSR count). The van der Waals surface area contributed by atoms with Gasteiger partial charge in [0.05, 0.1) is 22.8 Å². The van der Waals surface area contributed by atoms with E-state index in [9.17, 15) is 4.79 Å². The van der Waals surface area contributed by atoms with Crippen LogP contribution in [-0.4, -0.2) is 28.3 Å². The summed E-state index contributed by atoms with van der Waals surface area (Å²) in [7, 11) is 1.87. The molecule has 1 amide bonds. The molecule has 0 spiro atoms. The molecule has 0 aliphatic carbocycles. The van der Waals surface area contributed by atoms with Crippen LogP contribution in [0.4, 0.5) is 0 Å². The third-order valence-corrected chi connectivity index (χ3v) is 3.71. The highest BCUT2D eigenvalue weighted by Crippen LogP contribution is 2.26. The maximum atomic E-state index is 12.0. The molecule has 2 heterocycles. The maximum absolute atomic E-state index is 12.0. The highest BCUT2D eigenvalue weighted by Gasteiger charge is 2.18. The minimum absolute atomic E-state index is 0.0513. The van der Waals surface area contributed by atoms with Crippen molar-refractivity contribution in [3.8, 4) is 0 Å². The SMILES string of the molecule is Cn1nc(CNC(=O)[C@H]2C=CCN2)c2c(Cl)cccc21. The first-order chi connectivity index (χ1) is 9.66. The molecule has 0 fully saturated rings. The molecule has 0 unspecified atom stereocenters. The lowest BCUT2D eigenvalue weighted by Crippen LogP contribution is -2.40. The van der Waals surface area contributed by atoms with Crippen LogP contribution in [0.25, 0.3) is 10.9 Å². The smallest absolute Gasteiger partial charge is 0.241 e. The number of hydrogen-bond acceptors (Lipinski definition) is 3. The van der Waals surface area contributed by atoms with Gasteiger partial charge in [0.2, 0.25) is 5.91 Å². The van der Waals surface area contributed by atoms with Crippen LogP contribution in [0.15, 0.2) is 30.4 Å². The van der Waals surface area contributed by atoms with E-state index < -0.39 is 0 Å². The van der Waals surface area contributed by atoms with Gasteiger partial charge in [-0.05, 0) is 12.1 Å². The quantitative estimate of drug-likeness (QED) is 0.840. The van der Waals surface area contributed by atoms with Crippen molar-refractivity contribution in [2.24, 2.45) is 7.05 Å². The van der Waals surface area contributed by atoms with Gasteiger partial charge in [-0.2, -0.15) is 5.10 Å². The van der Waals surface area contributed by atoms with E-state index in [1.165, 1.54) is 0 Å². The average Bonchev–Trinajstić information content (AvgIpc) is 3.06. The van der Waals surface area contributed by atoms with Crippen LogP contribution >= 0.6 is 11.6 Å². The Morgan fingerprint density at radius 3 is 3.20 bits per heavy atom. The molecule has 5 nitrogen and oxygen atoms in total. The van der Waals surface area contributed by atoms with Crippen LogP contribution < -0.4 is 10.6 Å². The van der Waals surface area contributed by atoms with Crippen molar-refractivity contribution in [1.29, 1.82) is 0 Å². The summed E-state index contributed by atoms with van der Waals surface area (Å²) in [6.45, 7) is 1.10. The molecule has 104 valence electrons. The molecule has 2 aromatic rings. The van der Waals surface area contributed by atoms with Crippen molar-refractivity contribution in [3.05, 3.63) is 41.1 Å². The van der Waals surface area contributed by atoms with Gasteiger partial charge in [0.15, 0.2) is 0 Å². The Morgan fingerprint density at radius 1 is 1.60 bits per heavy atom. The third-order valence-electron chi connectivity index (χ3n) is 3.40. The average molecular weight is 291 g/mol. The number of rotatable bonds is 3. The summed E-state index contributed by atoms with van der Waals surface area (Å²) in [5.74, 6) is -0.0513. The zero-order valence-corrected chi connectivity index (χ0v) is 11.8. The van der Waals surface area contributed by atoms with Crippen molar-refractivity contribution >= 4 is 28.4 Å². The highest BCUT2D eigenvalue weighted by molar-refractivity contribution is 6.35. The second-order valence-corrected chi connectivity index (χ2v) is 5.14. The minimum Gasteiger partial charge on any atom is -0.349 e. The maximum Gasteiger partial charge on any atom is 0.241 e. The second-order valence-electron chi connectivity index (χ2n) is 4.74. The second kappa shape index (κ2) is 5.26. The lowest BCUT2D eigenvalue weighted by molar-refractivity contribution is -0.122. The standard InChI is InChI=1S/C14H15ClN4O/c1-19-12-6-2-4-9(15)13(12)11(18-19)8-17-14(20)10-5-3-7-16-10/h2-6,10,16H,7-8H2,1H3,(H,17,20)/t10-/m1/s1. The van der Waals surface area contributed by atoms with Crippen LogP contribution in [0.5, 0.6) is 0 Å². The molecular weight excluding hydrogens is 276 g/mol. The van der Waals surface area contributed by atoms with Crippen LogP contribution in [0, 0.1) is 0 Å². The number of amides is 1. The van der Waals surface area contributed by atoms with Gasteiger partial charge in [0, 0.05) is 19.0 Å². The van der Waals surface area contributed by atoms with Gasteiger partial charge < -0.3 is 5.32 Å². The van der Waals surface area contributed by atoms with E-state index in [2.05, 4.69) is 15.7 Å². The zero-order chi connectivity index (χ0) is 14.1. The Bertz CT molecular complexity index is 692. The van der Waals surface area contributed by atoms with Gasteiger partial charge in [-0.25, -0.2) is 0 Å². The predicted molar refractivity (Wildman–Crippen MR) is 78.5 cm³/mol. The summed E-state index contributed by atoms with van der Waals surface area (Å²) in [4.78, 5) is 12.0. The molecule has 1 aromatic heterocycles. The topological polar surface area (TPSA) is 59.0 Å². The zero-order valence-electron chi connectivity index (χ0n) is 11.1. The Balaban J connectivity index is 1.81. The first kappa shape index (κ1) is 13.1. The van der Waals surface area contributed by atoms with E-state index >= 15 is 0 Å². The third kappa shape index (κ3) is 2.30. The first-order valence-corrected chi connectivity index (χ1v) is 6.82.